The fourth-order valence-corrected chi connectivity index (χ4v) is 1.45. The van der Waals surface area contributed by atoms with E-state index in [1.54, 1.807) is 6.08 Å². The summed E-state index contributed by atoms with van der Waals surface area (Å²) >= 11 is 0. The molecule has 0 unspecified atom stereocenters. The van der Waals surface area contributed by atoms with Gasteiger partial charge < -0.3 is 15.2 Å². The molecule has 0 saturated heterocycles. The Labute approximate surface area is 107 Å². The van der Waals surface area contributed by atoms with E-state index in [1.165, 1.54) is 0 Å². The zero-order chi connectivity index (χ0) is 13.2. The number of ether oxygens (including phenoxy) is 2. The van der Waals surface area contributed by atoms with E-state index in [4.69, 9.17) is 15.2 Å². The zero-order valence-electron chi connectivity index (χ0n) is 10.4. The van der Waals surface area contributed by atoms with Crippen LogP contribution in [0.2, 0.25) is 0 Å². The number of nitrogens with two attached hydrogens (primary N) is 1. The minimum atomic E-state index is -0.480. The van der Waals surface area contributed by atoms with Gasteiger partial charge in [0.2, 0.25) is 5.91 Å². The van der Waals surface area contributed by atoms with E-state index in [1.807, 2.05) is 30.3 Å². The van der Waals surface area contributed by atoms with Crippen molar-refractivity contribution in [3.63, 3.8) is 0 Å². The molecule has 1 aromatic rings. The van der Waals surface area contributed by atoms with Gasteiger partial charge >= 0.3 is 0 Å². The standard InChI is InChI=1S/C14H19NO3/c1-2-6-13(18-11-14(15)16)10-17-9-12-7-4-3-5-8-12/h2-5,7-8,13H,1,6,9-11H2,(H2,15,16)/t13-/m1/s1. The smallest absolute Gasteiger partial charge is 0.243 e. The minimum Gasteiger partial charge on any atom is -0.374 e. The highest BCUT2D eigenvalue weighted by molar-refractivity contribution is 5.75. The monoisotopic (exact) mass is 249 g/mol. The normalized spacial score (nSPS) is 12.0. The van der Waals surface area contributed by atoms with Gasteiger partial charge in [-0.2, -0.15) is 0 Å². The average molecular weight is 249 g/mol. The second-order valence-electron chi connectivity index (χ2n) is 3.92. The fraction of sp³-hybridized carbons (Fsp3) is 0.357. The molecule has 4 nitrogen and oxygen atoms in total. The van der Waals surface area contributed by atoms with Crippen LogP contribution in [-0.2, 0) is 20.9 Å². The lowest BCUT2D eigenvalue weighted by atomic mass is 10.2. The number of hydrogen-bond donors (Lipinski definition) is 1. The highest BCUT2D eigenvalue weighted by atomic mass is 16.5. The first-order valence-electron chi connectivity index (χ1n) is 5.85. The Bertz CT molecular complexity index is 365. The summed E-state index contributed by atoms with van der Waals surface area (Å²) in [4.78, 5) is 10.6. The molecule has 0 fully saturated rings. The molecule has 0 aliphatic carbocycles. The molecule has 0 saturated carbocycles. The van der Waals surface area contributed by atoms with Crippen molar-refractivity contribution < 1.29 is 14.3 Å². The van der Waals surface area contributed by atoms with Crippen LogP contribution >= 0.6 is 0 Å². The molecule has 1 atom stereocenters. The number of primary amides is 1. The van der Waals surface area contributed by atoms with Crippen molar-refractivity contribution in [2.24, 2.45) is 5.73 Å². The summed E-state index contributed by atoms with van der Waals surface area (Å²) < 4.78 is 10.9. The van der Waals surface area contributed by atoms with Crippen LogP contribution < -0.4 is 5.73 Å². The van der Waals surface area contributed by atoms with Gasteiger partial charge in [0.1, 0.15) is 6.61 Å². The molecule has 0 bridgehead atoms. The van der Waals surface area contributed by atoms with Gasteiger partial charge in [-0.15, -0.1) is 6.58 Å². The molecule has 4 heteroatoms. The SMILES string of the molecule is C=CC[C@H](COCc1ccccc1)OCC(N)=O. The highest BCUT2D eigenvalue weighted by Crippen LogP contribution is 2.04. The predicted molar refractivity (Wildman–Crippen MR) is 69.8 cm³/mol. The summed E-state index contributed by atoms with van der Waals surface area (Å²) in [5, 5.41) is 0. The molecule has 2 N–H and O–H groups in total. The van der Waals surface area contributed by atoms with Crippen LogP contribution in [0.4, 0.5) is 0 Å². The maximum atomic E-state index is 10.6. The first-order valence-corrected chi connectivity index (χ1v) is 5.85. The van der Waals surface area contributed by atoms with Crippen molar-refractivity contribution in [3.8, 4) is 0 Å². The van der Waals surface area contributed by atoms with Crippen molar-refractivity contribution in [2.45, 2.75) is 19.1 Å². The summed E-state index contributed by atoms with van der Waals surface area (Å²) in [6.45, 7) is 4.49. The van der Waals surface area contributed by atoms with Crippen molar-refractivity contribution in [2.75, 3.05) is 13.2 Å². The Balaban J connectivity index is 2.28. The van der Waals surface area contributed by atoms with Gasteiger partial charge in [0.05, 0.1) is 19.3 Å². The van der Waals surface area contributed by atoms with Crippen LogP contribution in [0.1, 0.15) is 12.0 Å². The zero-order valence-corrected chi connectivity index (χ0v) is 10.4. The molecular weight excluding hydrogens is 230 g/mol. The number of carbonyl (C=O) groups excluding carboxylic acids is 1. The van der Waals surface area contributed by atoms with Crippen molar-refractivity contribution in [3.05, 3.63) is 48.6 Å². The highest BCUT2D eigenvalue weighted by Gasteiger charge is 2.09. The largest absolute Gasteiger partial charge is 0.374 e. The summed E-state index contributed by atoms with van der Waals surface area (Å²) in [6.07, 6.45) is 2.18. The number of benzene rings is 1. The molecule has 18 heavy (non-hydrogen) atoms. The van der Waals surface area contributed by atoms with E-state index in [2.05, 4.69) is 6.58 Å². The summed E-state index contributed by atoms with van der Waals surface area (Å²) in [7, 11) is 0. The van der Waals surface area contributed by atoms with Crippen molar-refractivity contribution >= 4 is 5.91 Å². The lowest BCUT2D eigenvalue weighted by Crippen LogP contribution is -2.26. The number of amides is 1. The second-order valence-corrected chi connectivity index (χ2v) is 3.92. The average Bonchev–Trinajstić information content (AvgIpc) is 2.37. The molecule has 1 aromatic carbocycles. The fourth-order valence-electron chi connectivity index (χ4n) is 1.45. The van der Waals surface area contributed by atoms with Crippen LogP contribution in [-0.4, -0.2) is 25.2 Å². The van der Waals surface area contributed by atoms with Crippen LogP contribution in [0.3, 0.4) is 0 Å². The predicted octanol–water partition coefficient (Wildman–Crippen LogP) is 1.65. The van der Waals surface area contributed by atoms with Gasteiger partial charge in [-0.05, 0) is 12.0 Å². The summed E-state index contributed by atoms with van der Waals surface area (Å²) in [5.41, 5.74) is 6.13. The van der Waals surface area contributed by atoms with Crippen LogP contribution in [0.15, 0.2) is 43.0 Å². The minimum absolute atomic E-state index is 0.0901. The van der Waals surface area contributed by atoms with Gasteiger partial charge in [-0.25, -0.2) is 0 Å². The third-order valence-corrected chi connectivity index (χ3v) is 2.31. The molecule has 0 radical (unpaired) electrons. The first kappa shape index (κ1) is 14.4. The Morgan fingerprint density at radius 2 is 2.11 bits per heavy atom. The second kappa shape index (κ2) is 8.44. The van der Waals surface area contributed by atoms with Crippen LogP contribution in [0, 0.1) is 0 Å². The number of hydrogen-bond acceptors (Lipinski definition) is 3. The molecule has 0 aromatic heterocycles. The van der Waals surface area contributed by atoms with E-state index in [0.29, 0.717) is 19.6 Å². The molecule has 0 heterocycles. The number of rotatable bonds is 9. The van der Waals surface area contributed by atoms with Gasteiger partial charge in [-0.3, -0.25) is 4.79 Å². The van der Waals surface area contributed by atoms with E-state index < -0.39 is 5.91 Å². The molecule has 0 spiro atoms. The maximum Gasteiger partial charge on any atom is 0.243 e. The topological polar surface area (TPSA) is 61.6 Å². The first-order chi connectivity index (χ1) is 8.72. The van der Waals surface area contributed by atoms with E-state index in [0.717, 1.165) is 5.56 Å². The third-order valence-electron chi connectivity index (χ3n) is 2.31. The Morgan fingerprint density at radius 3 is 2.72 bits per heavy atom. The quantitative estimate of drug-likeness (QED) is 0.677. The van der Waals surface area contributed by atoms with Gasteiger partial charge in [0.15, 0.2) is 0 Å². The molecule has 0 aliphatic rings. The third kappa shape index (κ3) is 6.18. The van der Waals surface area contributed by atoms with E-state index >= 15 is 0 Å². The molecule has 0 aliphatic heterocycles. The van der Waals surface area contributed by atoms with Crippen molar-refractivity contribution in [1.82, 2.24) is 0 Å². The Kier molecular flexibility index (Phi) is 6.76. The summed E-state index contributed by atoms with van der Waals surface area (Å²) in [6, 6.07) is 9.87. The van der Waals surface area contributed by atoms with Gasteiger partial charge in [0.25, 0.3) is 0 Å². The molecule has 1 rings (SSSR count). The number of carbonyl (C=O) groups is 1. The van der Waals surface area contributed by atoms with Crippen molar-refractivity contribution in [1.29, 1.82) is 0 Å². The van der Waals surface area contributed by atoms with E-state index in [9.17, 15) is 4.79 Å². The maximum absolute atomic E-state index is 10.6. The van der Waals surface area contributed by atoms with E-state index in [-0.39, 0.29) is 12.7 Å². The molecule has 98 valence electrons. The van der Waals surface area contributed by atoms with Crippen LogP contribution in [0.5, 0.6) is 0 Å². The lowest BCUT2D eigenvalue weighted by Gasteiger charge is -2.15. The van der Waals surface area contributed by atoms with Gasteiger partial charge in [-0.1, -0.05) is 36.4 Å². The summed E-state index contributed by atoms with van der Waals surface area (Å²) in [5.74, 6) is -0.480. The lowest BCUT2D eigenvalue weighted by molar-refractivity contribution is -0.126. The molecule has 1 amide bonds. The Morgan fingerprint density at radius 1 is 1.39 bits per heavy atom. The molecular formula is C14H19NO3. The van der Waals surface area contributed by atoms with Gasteiger partial charge in [0, 0.05) is 0 Å². The van der Waals surface area contributed by atoms with Crippen LogP contribution in [0.25, 0.3) is 0 Å². The Hall–Kier alpha value is -1.65.